The highest BCUT2D eigenvalue weighted by molar-refractivity contribution is 7.89. The Morgan fingerprint density at radius 1 is 0.871 bits per heavy atom. The van der Waals surface area contributed by atoms with E-state index in [4.69, 9.17) is 0 Å². The maximum absolute atomic E-state index is 13.6. The third-order valence-electron chi connectivity index (χ3n) is 5.62. The van der Waals surface area contributed by atoms with Crippen LogP contribution in [0.3, 0.4) is 0 Å². The highest BCUT2D eigenvalue weighted by Crippen LogP contribution is 2.25. The van der Waals surface area contributed by atoms with E-state index in [0.717, 1.165) is 16.5 Å². The molecule has 31 heavy (non-hydrogen) atoms. The van der Waals surface area contributed by atoms with Crippen LogP contribution in [0.15, 0.2) is 90.0 Å². The summed E-state index contributed by atoms with van der Waals surface area (Å²) in [6.07, 6.45) is 2.01. The second kappa shape index (κ2) is 8.69. The van der Waals surface area contributed by atoms with Crippen molar-refractivity contribution < 1.29 is 8.42 Å². The van der Waals surface area contributed by atoms with E-state index in [-0.39, 0.29) is 6.04 Å². The van der Waals surface area contributed by atoms with Gasteiger partial charge in [0, 0.05) is 24.5 Å². The van der Waals surface area contributed by atoms with Gasteiger partial charge in [-0.1, -0.05) is 60.2 Å². The average Bonchev–Trinajstić information content (AvgIpc) is 3.19. The summed E-state index contributed by atoms with van der Waals surface area (Å²) in [5, 5.41) is 1.96. The van der Waals surface area contributed by atoms with E-state index in [0.29, 0.717) is 18.0 Å². The molecule has 0 atom stereocenters. The molecular weight excluding hydrogens is 404 g/mol. The second-order valence-electron chi connectivity index (χ2n) is 8.27. The molecule has 0 aliphatic carbocycles. The van der Waals surface area contributed by atoms with Crippen LogP contribution in [0.4, 0.5) is 0 Å². The van der Waals surface area contributed by atoms with Crippen molar-refractivity contribution >= 4 is 20.8 Å². The Labute approximate surface area is 184 Å². The van der Waals surface area contributed by atoms with Crippen LogP contribution in [0.1, 0.15) is 30.7 Å². The van der Waals surface area contributed by atoms with E-state index in [1.54, 1.807) is 16.4 Å². The van der Waals surface area contributed by atoms with Gasteiger partial charge in [0.25, 0.3) is 0 Å². The second-order valence-corrected chi connectivity index (χ2v) is 10.2. The van der Waals surface area contributed by atoms with Gasteiger partial charge in [0.2, 0.25) is 10.0 Å². The molecule has 0 aliphatic rings. The van der Waals surface area contributed by atoms with Crippen LogP contribution in [0.2, 0.25) is 0 Å². The molecule has 160 valence electrons. The molecular formula is C26H28N2O2S. The Kier molecular flexibility index (Phi) is 5.99. The van der Waals surface area contributed by atoms with Crippen molar-refractivity contribution in [1.82, 2.24) is 8.87 Å². The van der Waals surface area contributed by atoms with Crippen molar-refractivity contribution in [3.05, 3.63) is 102 Å². The summed E-state index contributed by atoms with van der Waals surface area (Å²) < 4.78 is 30.8. The molecule has 4 rings (SSSR count). The number of aromatic nitrogens is 1. The number of nitrogens with zero attached hydrogens (tertiary/aromatic N) is 2. The van der Waals surface area contributed by atoms with Crippen LogP contribution in [0.5, 0.6) is 0 Å². The van der Waals surface area contributed by atoms with Gasteiger partial charge in [0.15, 0.2) is 0 Å². The monoisotopic (exact) mass is 432 g/mol. The minimum atomic E-state index is -3.64. The summed E-state index contributed by atoms with van der Waals surface area (Å²) in [6.45, 7) is 6.96. The van der Waals surface area contributed by atoms with Crippen LogP contribution in [-0.2, 0) is 23.1 Å². The third-order valence-corrected chi connectivity index (χ3v) is 7.64. The fraction of sp³-hybridized carbons (Fsp3) is 0.231. The number of benzene rings is 3. The zero-order valence-electron chi connectivity index (χ0n) is 18.2. The number of hydrogen-bond donors (Lipinski definition) is 0. The molecule has 4 nitrogen and oxygen atoms in total. The highest BCUT2D eigenvalue weighted by atomic mass is 32.2. The van der Waals surface area contributed by atoms with E-state index in [1.807, 2.05) is 62.5 Å². The first-order valence-corrected chi connectivity index (χ1v) is 12.0. The minimum Gasteiger partial charge on any atom is -0.346 e. The van der Waals surface area contributed by atoms with Crippen LogP contribution in [0, 0.1) is 6.92 Å². The summed E-state index contributed by atoms with van der Waals surface area (Å²) in [6, 6.07) is 25.4. The smallest absolute Gasteiger partial charge is 0.243 e. The normalized spacial score (nSPS) is 12.2. The van der Waals surface area contributed by atoms with E-state index >= 15 is 0 Å². The van der Waals surface area contributed by atoms with Crippen LogP contribution >= 0.6 is 0 Å². The van der Waals surface area contributed by atoms with Crippen LogP contribution < -0.4 is 0 Å². The molecule has 0 fully saturated rings. The minimum absolute atomic E-state index is 0.167. The van der Waals surface area contributed by atoms with Gasteiger partial charge in [-0.2, -0.15) is 4.31 Å². The number of rotatable bonds is 7. The third kappa shape index (κ3) is 4.58. The number of fused-ring (bicyclic) bond motifs is 1. The molecule has 0 saturated heterocycles. The summed E-state index contributed by atoms with van der Waals surface area (Å²) in [4.78, 5) is 0.330. The fourth-order valence-corrected chi connectivity index (χ4v) is 5.45. The van der Waals surface area contributed by atoms with Gasteiger partial charge in [-0.15, -0.1) is 0 Å². The standard InChI is InChI=1S/C26H28N2O2S/c1-20(2)28(31(29,30)26-15-14-23-7-4-5-8-24(23)17-26)19-25-9-6-16-27(25)18-22-12-10-21(3)11-13-22/h4-17,20H,18-19H2,1-3H3. The van der Waals surface area contributed by atoms with E-state index in [2.05, 4.69) is 35.8 Å². The molecule has 0 unspecified atom stereocenters. The first-order valence-electron chi connectivity index (χ1n) is 10.5. The fourth-order valence-electron chi connectivity index (χ4n) is 3.81. The predicted molar refractivity (Wildman–Crippen MR) is 127 cm³/mol. The Morgan fingerprint density at radius 2 is 1.58 bits per heavy atom. The topological polar surface area (TPSA) is 42.3 Å². The molecule has 0 radical (unpaired) electrons. The van der Waals surface area contributed by atoms with Crippen molar-refractivity contribution in [2.75, 3.05) is 0 Å². The molecule has 0 bridgehead atoms. The average molecular weight is 433 g/mol. The molecule has 1 aromatic heterocycles. The van der Waals surface area contributed by atoms with Crippen molar-refractivity contribution in [3.8, 4) is 0 Å². The van der Waals surface area contributed by atoms with Gasteiger partial charge >= 0.3 is 0 Å². The molecule has 4 aromatic rings. The van der Waals surface area contributed by atoms with Crippen molar-refractivity contribution in [3.63, 3.8) is 0 Å². The van der Waals surface area contributed by atoms with Gasteiger partial charge in [0.1, 0.15) is 0 Å². The molecule has 3 aromatic carbocycles. The molecule has 0 N–H and O–H groups in total. The van der Waals surface area contributed by atoms with Crippen molar-refractivity contribution in [2.24, 2.45) is 0 Å². The number of sulfonamides is 1. The van der Waals surface area contributed by atoms with Gasteiger partial charge in [-0.05, 0) is 61.4 Å². The summed E-state index contributed by atoms with van der Waals surface area (Å²) in [7, 11) is -3.64. The lowest BCUT2D eigenvalue weighted by Crippen LogP contribution is -2.37. The highest BCUT2D eigenvalue weighted by Gasteiger charge is 2.28. The zero-order valence-corrected chi connectivity index (χ0v) is 19.0. The van der Waals surface area contributed by atoms with E-state index < -0.39 is 10.0 Å². The summed E-state index contributed by atoms with van der Waals surface area (Å²) in [5.41, 5.74) is 3.39. The molecule has 0 saturated carbocycles. The first kappa shape index (κ1) is 21.3. The molecule has 0 spiro atoms. The molecule has 0 amide bonds. The van der Waals surface area contributed by atoms with Crippen molar-refractivity contribution in [1.29, 1.82) is 0 Å². The molecule has 5 heteroatoms. The SMILES string of the molecule is Cc1ccc(Cn2cccc2CN(C(C)C)S(=O)(=O)c2ccc3ccccc3c2)cc1. The Bertz CT molecular complexity index is 1290. The van der Waals surface area contributed by atoms with Crippen molar-refractivity contribution in [2.45, 2.75) is 44.8 Å². The molecule has 1 heterocycles. The van der Waals surface area contributed by atoms with Crippen LogP contribution in [-0.4, -0.2) is 23.3 Å². The lowest BCUT2D eigenvalue weighted by atomic mass is 10.1. The quantitative estimate of drug-likeness (QED) is 0.382. The number of hydrogen-bond acceptors (Lipinski definition) is 2. The lowest BCUT2D eigenvalue weighted by Gasteiger charge is -2.27. The summed E-state index contributed by atoms with van der Waals surface area (Å²) in [5.74, 6) is 0. The Morgan fingerprint density at radius 3 is 2.29 bits per heavy atom. The van der Waals surface area contributed by atoms with Gasteiger partial charge < -0.3 is 4.57 Å². The molecule has 0 aliphatic heterocycles. The largest absolute Gasteiger partial charge is 0.346 e. The predicted octanol–water partition coefficient (Wildman–Crippen LogP) is 5.60. The Hall–Kier alpha value is -2.89. The van der Waals surface area contributed by atoms with Gasteiger partial charge in [0.05, 0.1) is 11.4 Å². The lowest BCUT2D eigenvalue weighted by molar-refractivity contribution is 0.340. The van der Waals surface area contributed by atoms with Crippen LogP contribution in [0.25, 0.3) is 10.8 Å². The maximum Gasteiger partial charge on any atom is 0.243 e. The van der Waals surface area contributed by atoms with Gasteiger partial charge in [-0.3, -0.25) is 0 Å². The van der Waals surface area contributed by atoms with E-state index in [9.17, 15) is 8.42 Å². The summed E-state index contributed by atoms with van der Waals surface area (Å²) >= 11 is 0. The maximum atomic E-state index is 13.6. The number of aryl methyl sites for hydroxylation is 1. The zero-order chi connectivity index (χ0) is 22.0. The van der Waals surface area contributed by atoms with E-state index in [1.165, 1.54) is 11.1 Å². The first-order chi connectivity index (χ1) is 14.8. The Balaban J connectivity index is 1.63. The van der Waals surface area contributed by atoms with Gasteiger partial charge in [-0.25, -0.2) is 8.42 Å².